The summed E-state index contributed by atoms with van der Waals surface area (Å²) in [4.78, 5) is 2.38. The Morgan fingerprint density at radius 1 is 0.652 bits per heavy atom. The van der Waals surface area contributed by atoms with Gasteiger partial charge in [-0.2, -0.15) is 5.26 Å². The van der Waals surface area contributed by atoms with Gasteiger partial charge in [0.25, 0.3) is 0 Å². The standard InChI is InChI=1S/C43H33N3/c44-30-33-16-13-20-35(31-25-27-34(28-26-31)46-41-23-10-5-17-36(41)37-18-6-11-24-42(37)46)43(33)38-19-7-9-22-40(38)45-29-12-2-1-3-14-32-15-4-8-21-39(32)45/h1-5,7-13,15-17,19-28H,6,14,18,29H2/b3-1-,12-2-. The van der Waals surface area contributed by atoms with Crippen molar-refractivity contribution in [2.24, 2.45) is 0 Å². The fourth-order valence-corrected chi connectivity index (χ4v) is 7.14. The number of aryl methyl sites for hydroxylation is 1. The van der Waals surface area contributed by atoms with Crippen LogP contribution >= 0.6 is 0 Å². The number of nitrogens with zero attached hydrogens (tertiary/aromatic N) is 3. The molecule has 0 fully saturated rings. The predicted octanol–water partition coefficient (Wildman–Crippen LogP) is 10.6. The van der Waals surface area contributed by atoms with Crippen LogP contribution in [-0.4, -0.2) is 11.1 Å². The third kappa shape index (κ3) is 4.76. The lowest BCUT2D eigenvalue weighted by Gasteiger charge is -2.29. The molecule has 1 aromatic heterocycles. The molecule has 0 atom stereocenters. The number of hydrogen-bond acceptors (Lipinski definition) is 2. The quantitative estimate of drug-likeness (QED) is 0.204. The van der Waals surface area contributed by atoms with E-state index in [1.807, 2.05) is 12.1 Å². The zero-order valence-electron chi connectivity index (χ0n) is 25.6. The largest absolute Gasteiger partial charge is 0.337 e. The van der Waals surface area contributed by atoms with Crippen LogP contribution in [0.1, 0.15) is 28.8 Å². The first-order valence-corrected chi connectivity index (χ1v) is 16.0. The zero-order valence-corrected chi connectivity index (χ0v) is 25.6. The number of benzene rings is 5. The average Bonchev–Trinajstić information content (AvgIpc) is 3.50. The molecule has 0 amide bonds. The molecule has 1 aliphatic carbocycles. The molecule has 3 nitrogen and oxygen atoms in total. The summed E-state index contributed by atoms with van der Waals surface area (Å²) in [5, 5.41) is 11.8. The molecular formula is C43H33N3. The minimum absolute atomic E-state index is 0.666. The number of para-hydroxylation sites is 3. The summed E-state index contributed by atoms with van der Waals surface area (Å²) in [6.07, 6.45) is 16.2. The molecule has 0 bridgehead atoms. The van der Waals surface area contributed by atoms with Crippen LogP contribution < -0.4 is 4.90 Å². The van der Waals surface area contributed by atoms with Crippen LogP contribution in [0.4, 0.5) is 11.4 Å². The van der Waals surface area contributed by atoms with E-state index in [9.17, 15) is 5.26 Å². The molecule has 46 heavy (non-hydrogen) atoms. The Labute approximate surface area is 270 Å². The second-order valence-corrected chi connectivity index (χ2v) is 11.9. The monoisotopic (exact) mass is 591 g/mol. The van der Waals surface area contributed by atoms with Gasteiger partial charge in [0.2, 0.25) is 0 Å². The van der Waals surface area contributed by atoms with Gasteiger partial charge in [-0.3, -0.25) is 0 Å². The van der Waals surface area contributed by atoms with Crippen LogP contribution in [0.3, 0.4) is 0 Å². The van der Waals surface area contributed by atoms with Gasteiger partial charge in [0.05, 0.1) is 17.1 Å². The highest BCUT2D eigenvalue weighted by molar-refractivity contribution is 5.95. The van der Waals surface area contributed by atoms with E-state index in [0.717, 1.165) is 59.4 Å². The van der Waals surface area contributed by atoms with Crippen molar-refractivity contribution in [3.05, 3.63) is 168 Å². The van der Waals surface area contributed by atoms with Crippen LogP contribution in [0.25, 0.3) is 44.9 Å². The first kappa shape index (κ1) is 27.7. The maximum absolute atomic E-state index is 10.4. The lowest BCUT2D eigenvalue weighted by atomic mass is 9.89. The first-order chi connectivity index (χ1) is 22.8. The van der Waals surface area contributed by atoms with Crippen molar-refractivity contribution >= 4 is 28.4 Å². The third-order valence-corrected chi connectivity index (χ3v) is 9.23. The summed E-state index contributed by atoms with van der Waals surface area (Å²) in [7, 11) is 0. The Kier molecular flexibility index (Phi) is 7.17. The van der Waals surface area contributed by atoms with Crippen molar-refractivity contribution < 1.29 is 0 Å². The zero-order chi connectivity index (χ0) is 30.9. The highest BCUT2D eigenvalue weighted by Gasteiger charge is 2.22. The maximum Gasteiger partial charge on any atom is 0.0998 e. The van der Waals surface area contributed by atoms with Gasteiger partial charge in [0.15, 0.2) is 0 Å². The molecule has 0 saturated heterocycles. The molecule has 1 aliphatic heterocycles. The number of aromatic nitrogens is 1. The third-order valence-electron chi connectivity index (χ3n) is 9.23. The van der Waals surface area contributed by atoms with Crippen LogP contribution in [0.2, 0.25) is 0 Å². The Morgan fingerprint density at radius 3 is 2.30 bits per heavy atom. The van der Waals surface area contributed by atoms with Crippen molar-refractivity contribution in [2.45, 2.75) is 19.3 Å². The fourth-order valence-electron chi connectivity index (χ4n) is 7.14. The summed E-state index contributed by atoms with van der Waals surface area (Å²) >= 11 is 0. The Morgan fingerprint density at radius 2 is 1.41 bits per heavy atom. The normalized spacial score (nSPS) is 15.2. The van der Waals surface area contributed by atoms with Crippen molar-refractivity contribution in [2.75, 3.05) is 11.4 Å². The second-order valence-electron chi connectivity index (χ2n) is 11.9. The number of nitriles is 1. The minimum Gasteiger partial charge on any atom is -0.337 e. The van der Waals surface area contributed by atoms with E-state index in [2.05, 4.69) is 155 Å². The van der Waals surface area contributed by atoms with Gasteiger partial charge in [-0.05, 0) is 84.0 Å². The Balaban J connectivity index is 1.27. The van der Waals surface area contributed by atoms with E-state index in [1.165, 1.54) is 33.4 Å². The van der Waals surface area contributed by atoms with Crippen LogP contribution in [0.15, 0.2) is 146 Å². The number of allylic oxidation sites excluding steroid dienone is 4. The predicted molar refractivity (Wildman–Crippen MR) is 192 cm³/mol. The van der Waals surface area contributed by atoms with Crippen molar-refractivity contribution in [1.82, 2.24) is 4.57 Å². The molecule has 0 radical (unpaired) electrons. The van der Waals surface area contributed by atoms with E-state index < -0.39 is 0 Å². The molecule has 2 heterocycles. The van der Waals surface area contributed by atoms with Gasteiger partial charge in [-0.15, -0.1) is 0 Å². The highest BCUT2D eigenvalue weighted by atomic mass is 15.1. The summed E-state index contributed by atoms with van der Waals surface area (Å²) < 4.78 is 2.39. The Hall–Kier alpha value is -5.85. The Bertz CT molecular complexity index is 2220. The molecule has 0 saturated carbocycles. The van der Waals surface area contributed by atoms with Crippen LogP contribution in [-0.2, 0) is 12.8 Å². The molecule has 5 aromatic carbocycles. The maximum atomic E-state index is 10.4. The van der Waals surface area contributed by atoms with E-state index in [0.29, 0.717) is 5.56 Å². The highest BCUT2D eigenvalue weighted by Crippen LogP contribution is 2.43. The molecule has 2 aliphatic rings. The number of hydrogen-bond donors (Lipinski definition) is 0. The molecule has 0 unspecified atom stereocenters. The van der Waals surface area contributed by atoms with Gasteiger partial charge < -0.3 is 9.47 Å². The molecule has 220 valence electrons. The van der Waals surface area contributed by atoms with Crippen molar-refractivity contribution in [3.63, 3.8) is 0 Å². The van der Waals surface area contributed by atoms with E-state index >= 15 is 0 Å². The summed E-state index contributed by atoms with van der Waals surface area (Å²) in [5.41, 5.74) is 13.4. The molecule has 8 rings (SSSR count). The molecule has 3 heteroatoms. The fraction of sp³-hybridized carbons (Fsp3) is 0.0930. The minimum atomic E-state index is 0.666. The van der Waals surface area contributed by atoms with Crippen LogP contribution in [0, 0.1) is 11.3 Å². The molecule has 0 spiro atoms. The van der Waals surface area contributed by atoms with Crippen LogP contribution in [0.5, 0.6) is 0 Å². The molecular weight excluding hydrogens is 558 g/mol. The summed E-state index contributed by atoms with van der Waals surface area (Å²) in [5.74, 6) is 0. The average molecular weight is 592 g/mol. The van der Waals surface area contributed by atoms with Gasteiger partial charge in [0.1, 0.15) is 0 Å². The van der Waals surface area contributed by atoms with Gasteiger partial charge >= 0.3 is 0 Å². The van der Waals surface area contributed by atoms with Gasteiger partial charge in [-0.1, -0.05) is 109 Å². The number of anilines is 2. The number of rotatable bonds is 4. The SMILES string of the molecule is N#Cc1cccc(-c2ccc(-n3c4c(c5ccccc53)CCC=C4)cc2)c1-c1ccccc1N1C/C=C\C=C/Cc2ccccc21. The van der Waals surface area contributed by atoms with Gasteiger partial charge in [-0.25, -0.2) is 0 Å². The molecule has 0 N–H and O–H groups in total. The first-order valence-electron chi connectivity index (χ1n) is 16.0. The topological polar surface area (TPSA) is 32.0 Å². The lowest BCUT2D eigenvalue weighted by Crippen LogP contribution is -2.19. The summed E-state index contributed by atoms with van der Waals surface area (Å²) in [6.45, 7) is 0.723. The van der Waals surface area contributed by atoms with Gasteiger partial charge in [0, 0.05) is 45.8 Å². The van der Waals surface area contributed by atoms with Crippen molar-refractivity contribution in [3.8, 4) is 34.0 Å². The van der Waals surface area contributed by atoms with E-state index in [4.69, 9.17) is 0 Å². The van der Waals surface area contributed by atoms with Crippen molar-refractivity contribution in [1.29, 1.82) is 5.26 Å². The smallest absolute Gasteiger partial charge is 0.0998 e. The van der Waals surface area contributed by atoms with E-state index in [1.54, 1.807) is 0 Å². The van der Waals surface area contributed by atoms with E-state index in [-0.39, 0.29) is 0 Å². The molecule has 6 aromatic rings. The number of fused-ring (bicyclic) bond motifs is 4. The summed E-state index contributed by atoms with van der Waals surface area (Å²) in [6, 6.07) is 43.3. The lowest BCUT2D eigenvalue weighted by molar-refractivity contribution is 0.967. The second kappa shape index (κ2) is 11.9.